The maximum absolute atomic E-state index is 11.6. The molecule has 0 saturated carbocycles. The van der Waals surface area contributed by atoms with Crippen molar-refractivity contribution in [1.29, 1.82) is 0 Å². The molecule has 0 radical (unpaired) electrons. The first kappa shape index (κ1) is 23.2. The van der Waals surface area contributed by atoms with E-state index in [0.717, 1.165) is 57.2 Å². The van der Waals surface area contributed by atoms with Crippen molar-refractivity contribution in [1.82, 2.24) is 9.88 Å². The molecule has 1 aromatic heterocycles. The summed E-state index contributed by atoms with van der Waals surface area (Å²) in [4.78, 5) is 16.9. The summed E-state index contributed by atoms with van der Waals surface area (Å²) in [6, 6.07) is 21.5. The van der Waals surface area contributed by atoms with Crippen LogP contribution in [0.15, 0.2) is 66.7 Å². The Morgan fingerprint density at radius 1 is 1.03 bits per heavy atom. The molecule has 33 heavy (non-hydrogen) atoms. The fourth-order valence-electron chi connectivity index (χ4n) is 4.26. The molecule has 1 atom stereocenters. The van der Waals surface area contributed by atoms with E-state index in [-0.39, 0.29) is 6.04 Å². The zero-order valence-corrected chi connectivity index (χ0v) is 20.2. The van der Waals surface area contributed by atoms with E-state index in [1.54, 1.807) is 7.11 Å². The highest BCUT2D eigenvalue weighted by Crippen LogP contribution is 2.38. The second-order valence-electron chi connectivity index (χ2n) is 7.96. The minimum Gasteiger partial charge on any atom is -0.497 e. The Balaban J connectivity index is 0.000000243. The minimum atomic E-state index is -0.122. The van der Waals surface area contributed by atoms with Crippen LogP contribution in [0, 0.1) is 0 Å². The number of aromatic nitrogens is 1. The molecule has 1 N–H and O–H groups in total. The van der Waals surface area contributed by atoms with E-state index in [1.165, 1.54) is 11.1 Å². The summed E-state index contributed by atoms with van der Waals surface area (Å²) in [6.07, 6.45) is 2.83. The predicted molar refractivity (Wildman–Crippen MR) is 135 cm³/mol. The Morgan fingerprint density at radius 3 is 2.36 bits per heavy atom. The van der Waals surface area contributed by atoms with Gasteiger partial charge in [0, 0.05) is 33.2 Å². The molecular weight excluding hydrogens is 455 g/mol. The third kappa shape index (κ3) is 5.02. The van der Waals surface area contributed by atoms with Crippen LogP contribution in [0.5, 0.6) is 5.75 Å². The minimum absolute atomic E-state index is 0.122. The quantitative estimate of drug-likeness (QED) is 0.325. The molecule has 170 valence electrons. The van der Waals surface area contributed by atoms with Crippen molar-refractivity contribution in [3.05, 3.63) is 99.2 Å². The lowest BCUT2D eigenvalue weighted by atomic mass is 9.93. The highest BCUT2D eigenvalue weighted by Gasteiger charge is 2.30. The van der Waals surface area contributed by atoms with Gasteiger partial charge >= 0.3 is 0 Å². The number of H-pyrrole nitrogens is 1. The molecule has 2 heterocycles. The number of nitrogens with zero attached hydrogens (tertiary/aromatic N) is 1. The molecule has 0 bridgehead atoms. The van der Waals surface area contributed by atoms with Gasteiger partial charge in [-0.25, -0.2) is 0 Å². The number of fused-ring (bicyclic) bond motifs is 3. The Bertz CT molecular complexity index is 1230. The zero-order valence-electron chi connectivity index (χ0n) is 18.6. The number of ether oxygens (including phenoxy) is 1. The van der Waals surface area contributed by atoms with E-state index in [2.05, 4.69) is 11.9 Å². The number of aryl methyl sites for hydroxylation is 1. The fourth-order valence-corrected chi connectivity index (χ4v) is 4.56. The summed E-state index contributed by atoms with van der Waals surface area (Å²) in [6.45, 7) is 2.82. The molecule has 0 saturated heterocycles. The molecule has 6 heteroatoms. The molecule has 0 spiro atoms. The summed E-state index contributed by atoms with van der Waals surface area (Å²) >= 11 is 11.8. The molecule has 3 aromatic carbocycles. The number of carbonyl (C=O) groups excluding carboxylic acids is 1. The topological polar surface area (TPSA) is 45.3 Å². The second-order valence-corrected chi connectivity index (χ2v) is 8.83. The number of hydrogen-bond donors (Lipinski definition) is 1. The summed E-state index contributed by atoms with van der Waals surface area (Å²) in [5.41, 5.74) is 5.75. The van der Waals surface area contributed by atoms with Gasteiger partial charge in [-0.3, -0.25) is 4.79 Å². The summed E-state index contributed by atoms with van der Waals surface area (Å²) in [5, 5.41) is 2.68. The number of carbonyl (C=O) groups is 1. The van der Waals surface area contributed by atoms with Crippen LogP contribution in [0.1, 0.15) is 35.3 Å². The van der Waals surface area contributed by atoms with Crippen LogP contribution >= 0.6 is 23.2 Å². The molecular formula is C27H26Cl2N2O2. The van der Waals surface area contributed by atoms with Gasteiger partial charge in [0.25, 0.3) is 0 Å². The van der Waals surface area contributed by atoms with E-state index in [1.807, 2.05) is 71.6 Å². The van der Waals surface area contributed by atoms with E-state index in [4.69, 9.17) is 27.9 Å². The number of benzene rings is 3. The SMILES string of the molecule is CCc1ccc(Cl)cc1.COc1ccc(C2c3[nH]c4ccc(Cl)cc4c3CCN2C=O)cc1. The molecule has 1 aliphatic rings. The molecule has 0 fully saturated rings. The monoisotopic (exact) mass is 480 g/mol. The van der Waals surface area contributed by atoms with E-state index < -0.39 is 0 Å². The standard InChI is InChI=1S/C19H17ClN2O2.C8H9Cl/c1-24-14-5-2-12(3-6-14)19-18-15(8-9-22(19)11-23)16-10-13(20)4-7-17(16)21-18;1-2-7-3-5-8(9)6-4-7/h2-7,10-11,19,21H,8-9H2,1H3;3-6H,2H2,1H3. The number of rotatable bonds is 4. The van der Waals surface area contributed by atoms with Crippen LogP contribution in [-0.2, 0) is 17.6 Å². The molecule has 0 aliphatic carbocycles. The Hall–Kier alpha value is -2.95. The summed E-state index contributed by atoms with van der Waals surface area (Å²) in [5.74, 6) is 0.802. The van der Waals surface area contributed by atoms with Gasteiger partial charge in [0.1, 0.15) is 5.75 Å². The van der Waals surface area contributed by atoms with E-state index in [9.17, 15) is 4.79 Å². The van der Waals surface area contributed by atoms with Crippen LogP contribution in [0.2, 0.25) is 10.0 Å². The average molecular weight is 481 g/mol. The maximum Gasteiger partial charge on any atom is 0.210 e. The van der Waals surface area contributed by atoms with Crippen LogP contribution in [0.3, 0.4) is 0 Å². The number of nitrogens with one attached hydrogen (secondary N) is 1. The lowest BCUT2D eigenvalue weighted by Gasteiger charge is -2.33. The molecule has 1 aliphatic heterocycles. The third-order valence-corrected chi connectivity index (χ3v) is 6.50. The van der Waals surface area contributed by atoms with Crippen molar-refractivity contribution in [3.8, 4) is 5.75 Å². The smallest absolute Gasteiger partial charge is 0.210 e. The number of methoxy groups -OCH3 is 1. The first-order chi connectivity index (χ1) is 16.0. The highest BCUT2D eigenvalue weighted by atomic mass is 35.5. The number of hydrogen-bond acceptors (Lipinski definition) is 2. The van der Waals surface area contributed by atoms with Gasteiger partial charge in [-0.2, -0.15) is 0 Å². The zero-order chi connectivity index (χ0) is 23.4. The first-order valence-electron chi connectivity index (χ1n) is 10.9. The van der Waals surface area contributed by atoms with Crippen molar-refractivity contribution < 1.29 is 9.53 Å². The van der Waals surface area contributed by atoms with E-state index in [0.29, 0.717) is 6.54 Å². The Labute approximate surface area is 204 Å². The van der Waals surface area contributed by atoms with Crippen LogP contribution in [0.25, 0.3) is 10.9 Å². The molecule has 5 rings (SSSR count). The van der Waals surface area contributed by atoms with Crippen molar-refractivity contribution in [2.24, 2.45) is 0 Å². The van der Waals surface area contributed by atoms with Crippen molar-refractivity contribution in [2.75, 3.05) is 13.7 Å². The van der Waals surface area contributed by atoms with Gasteiger partial charge in [0.05, 0.1) is 13.2 Å². The van der Waals surface area contributed by atoms with Crippen LogP contribution < -0.4 is 4.74 Å². The van der Waals surface area contributed by atoms with Gasteiger partial charge in [0.2, 0.25) is 6.41 Å². The van der Waals surface area contributed by atoms with Crippen LogP contribution in [0.4, 0.5) is 0 Å². The molecule has 4 aromatic rings. The second kappa shape index (κ2) is 10.3. The van der Waals surface area contributed by atoms with Crippen molar-refractivity contribution in [3.63, 3.8) is 0 Å². The Morgan fingerprint density at radius 2 is 1.73 bits per heavy atom. The first-order valence-corrected chi connectivity index (χ1v) is 11.7. The summed E-state index contributed by atoms with van der Waals surface area (Å²) in [7, 11) is 1.65. The van der Waals surface area contributed by atoms with Gasteiger partial charge < -0.3 is 14.6 Å². The number of amides is 1. The number of halogens is 2. The lowest BCUT2D eigenvalue weighted by Crippen LogP contribution is -2.34. The third-order valence-electron chi connectivity index (χ3n) is 6.01. The summed E-state index contributed by atoms with van der Waals surface area (Å²) < 4.78 is 5.23. The van der Waals surface area contributed by atoms with Gasteiger partial charge in [-0.15, -0.1) is 0 Å². The Kier molecular flexibility index (Phi) is 7.26. The predicted octanol–water partition coefficient (Wildman–Crippen LogP) is 6.84. The molecule has 4 nitrogen and oxygen atoms in total. The van der Waals surface area contributed by atoms with Gasteiger partial charge in [0.15, 0.2) is 0 Å². The average Bonchev–Trinajstić information content (AvgIpc) is 3.22. The largest absolute Gasteiger partial charge is 0.497 e. The van der Waals surface area contributed by atoms with E-state index >= 15 is 0 Å². The molecule has 1 amide bonds. The normalized spacial score (nSPS) is 14.9. The molecule has 1 unspecified atom stereocenters. The van der Waals surface area contributed by atoms with Gasteiger partial charge in [-0.1, -0.05) is 54.4 Å². The van der Waals surface area contributed by atoms with Crippen molar-refractivity contribution >= 4 is 40.5 Å². The van der Waals surface area contributed by atoms with Gasteiger partial charge in [-0.05, 0) is 72.0 Å². The highest BCUT2D eigenvalue weighted by molar-refractivity contribution is 6.31. The van der Waals surface area contributed by atoms with Crippen LogP contribution in [-0.4, -0.2) is 29.9 Å². The lowest BCUT2D eigenvalue weighted by molar-refractivity contribution is -0.120. The number of aromatic amines is 1. The fraction of sp³-hybridized carbons (Fsp3) is 0.222. The maximum atomic E-state index is 11.6. The van der Waals surface area contributed by atoms with Crippen molar-refractivity contribution in [2.45, 2.75) is 25.8 Å².